The highest BCUT2D eigenvalue weighted by Crippen LogP contribution is 2.45. The topological polar surface area (TPSA) is 57.7 Å². The molecule has 4 aromatic rings. The third kappa shape index (κ3) is 4.35. The molecule has 0 saturated heterocycles. The van der Waals surface area contributed by atoms with E-state index in [1.807, 2.05) is 35.8 Å². The van der Waals surface area contributed by atoms with Gasteiger partial charge in [-0.05, 0) is 78.8 Å². The highest BCUT2D eigenvalue weighted by atomic mass is 32.1. The molecule has 194 valence electrons. The molecule has 1 aliphatic heterocycles. The molecule has 3 aromatic carbocycles. The summed E-state index contributed by atoms with van der Waals surface area (Å²) in [5.41, 5.74) is 8.22. The quantitative estimate of drug-likeness (QED) is 0.245. The normalized spacial score (nSPS) is 17.6. The summed E-state index contributed by atoms with van der Waals surface area (Å²) in [6.07, 6.45) is 3.14. The lowest BCUT2D eigenvalue weighted by Crippen LogP contribution is -2.09. The number of aromatic nitrogens is 1. The molecule has 2 aliphatic rings. The fourth-order valence-corrected chi connectivity index (χ4v) is 6.48. The predicted octanol–water partition coefficient (Wildman–Crippen LogP) is 7.34. The molecule has 2 atom stereocenters. The van der Waals surface area contributed by atoms with E-state index in [1.54, 1.807) is 17.4 Å². The van der Waals surface area contributed by atoms with Crippen molar-refractivity contribution in [2.75, 3.05) is 13.7 Å². The lowest BCUT2D eigenvalue weighted by atomic mass is 9.89. The van der Waals surface area contributed by atoms with Gasteiger partial charge in [-0.25, -0.2) is 9.37 Å². The Morgan fingerprint density at radius 1 is 1.16 bits per heavy atom. The molecule has 0 unspecified atom stereocenters. The maximum atomic E-state index is 15.3. The van der Waals surface area contributed by atoms with Crippen LogP contribution in [0.15, 0.2) is 54.0 Å². The molecule has 0 radical (unpaired) electrons. The van der Waals surface area contributed by atoms with Gasteiger partial charge in [0.1, 0.15) is 28.4 Å². The average molecular weight is 530 g/mol. The van der Waals surface area contributed by atoms with Crippen molar-refractivity contribution in [3.05, 3.63) is 87.7 Å². The van der Waals surface area contributed by atoms with Crippen LogP contribution in [0.5, 0.6) is 11.5 Å². The van der Waals surface area contributed by atoms with Crippen molar-refractivity contribution in [2.45, 2.75) is 45.1 Å². The molecule has 0 fully saturated rings. The number of hydrogen-bond donors (Lipinski definition) is 0. The lowest BCUT2D eigenvalue weighted by molar-refractivity contribution is -0.141. The van der Waals surface area contributed by atoms with Gasteiger partial charge in [-0.15, -0.1) is 11.3 Å². The summed E-state index contributed by atoms with van der Waals surface area (Å²) in [7, 11) is 1.39. The maximum Gasteiger partial charge on any atom is 0.306 e. The molecule has 38 heavy (non-hydrogen) atoms. The number of thiazole rings is 1. The summed E-state index contributed by atoms with van der Waals surface area (Å²) < 4.78 is 32.2. The number of ether oxygens (including phenoxy) is 3. The molecule has 1 aliphatic carbocycles. The number of halogens is 1. The number of carbonyl (C=O) groups excluding carboxylic acids is 1. The average Bonchev–Trinajstić information content (AvgIpc) is 3.66. The van der Waals surface area contributed by atoms with Gasteiger partial charge >= 0.3 is 5.97 Å². The summed E-state index contributed by atoms with van der Waals surface area (Å²) in [5.74, 6) is 0.799. The molecule has 0 bridgehead atoms. The number of aryl methyl sites for hydroxylation is 2. The van der Waals surface area contributed by atoms with E-state index in [1.165, 1.54) is 7.11 Å². The van der Waals surface area contributed by atoms with Crippen molar-refractivity contribution in [2.24, 2.45) is 0 Å². The number of fused-ring (bicyclic) bond motifs is 2. The number of hydrogen-bond acceptors (Lipinski definition) is 6. The van der Waals surface area contributed by atoms with Crippen LogP contribution in [-0.4, -0.2) is 24.7 Å². The predicted molar refractivity (Wildman–Crippen MR) is 145 cm³/mol. The molecule has 1 aromatic heterocycles. The van der Waals surface area contributed by atoms with E-state index in [9.17, 15) is 4.79 Å². The zero-order valence-electron chi connectivity index (χ0n) is 21.5. The van der Waals surface area contributed by atoms with Crippen molar-refractivity contribution in [1.82, 2.24) is 4.98 Å². The van der Waals surface area contributed by atoms with Crippen LogP contribution in [0, 0.1) is 19.7 Å². The minimum absolute atomic E-state index is 0.0350. The first kappa shape index (κ1) is 24.6. The Balaban J connectivity index is 1.29. The van der Waals surface area contributed by atoms with Crippen molar-refractivity contribution in [3.8, 4) is 33.2 Å². The summed E-state index contributed by atoms with van der Waals surface area (Å²) in [6, 6.07) is 13.5. The van der Waals surface area contributed by atoms with Gasteiger partial charge in [-0.3, -0.25) is 4.79 Å². The van der Waals surface area contributed by atoms with Crippen LogP contribution in [0.2, 0.25) is 0 Å². The highest BCUT2D eigenvalue weighted by molar-refractivity contribution is 7.13. The number of benzene rings is 3. The fraction of sp³-hybridized carbons (Fsp3) is 0.290. The molecule has 5 nitrogen and oxygen atoms in total. The van der Waals surface area contributed by atoms with Gasteiger partial charge in [-0.1, -0.05) is 12.1 Å². The molecule has 2 heterocycles. The van der Waals surface area contributed by atoms with Crippen LogP contribution in [0.1, 0.15) is 52.7 Å². The Kier molecular flexibility index (Phi) is 6.40. The Labute approximate surface area is 225 Å². The lowest BCUT2D eigenvalue weighted by Gasteiger charge is -2.19. The van der Waals surface area contributed by atoms with Crippen LogP contribution in [0.25, 0.3) is 21.7 Å². The fourth-order valence-electron chi connectivity index (χ4n) is 5.85. The molecule has 0 spiro atoms. The first-order chi connectivity index (χ1) is 18.4. The molecular formula is C31H28FNO4S. The number of rotatable bonds is 6. The van der Waals surface area contributed by atoms with E-state index in [2.05, 4.69) is 31.0 Å². The van der Waals surface area contributed by atoms with Gasteiger partial charge in [0.2, 0.25) is 0 Å². The second kappa shape index (κ2) is 9.87. The van der Waals surface area contributed by atoms with Crippen LogP contribution >= 0.6 is 11.3 Å². The van der Waals surface area contributed by atoms with E-state index in [0.717, 1.165) is 50.4 Å². The van der Waals surface area contributed by atoms with Crippen molar-refractivity contribution < 1.29 is 23.4 Å². The van der Waals surface area contributed by atoms with Crippen LogP contribution in [0.4, 0.5) is 4.39 Å². The Morgan fingerprint density at radius 2 is 1.97 bits per heavy atom. The third-order valence-corrected chi connectivity index (χ3v) is 8.37. The third-order valence-electron chi connectivity index (χ3n) is 7.55. The zero-order valence-corrected chi connectivity index (χ0v) is 22.4. The number of methoxy groups -OCH3 is 1. The van der Waals surface area contributed by atoms with Gasteiger partial charge in [0.05, 0.1) is 20.1 Å². The first-order valence-electron chi connectivity index (χ1n) is 12.8. The van der Waals surface area contributed by atoms with Crippen LogP contribution in [-0.2, 0) is 16.0 Å². The molecule has 0 saturated carbocycles. The molecular weight excluding hydrogens is 501 g/mol. The van der Waals surface area contributed by atoms with E-state index in [0.29, 0.717) is 30.1 Å². The minimum atomic E-state index is -0.384. The van der Waals surface area contributed by atoms with Crippen molar-refractivity contribution >= 4 is 17.3 Å². The van der Waals surface area contributed by atoms with Crippen LogP contribution < -0.4 is 9.47 Å². The van der Waals surface area contributed by atoms with E-state index < -0.39 is 0 Å². The first-order valence-corrected chi connectivity index (χ1v) is 13.6. The second-order valence-corrected chi connectivity index (χ2v) is 10.8. The molecule has 7 heteroatoms. The van der Waals surface area contributed by atoms with Gasteiger partial charge in [0.15, 0.2) is 0 Å². The zero-order chi connectivity index (χ0) is 26.4. The Morgan fingerprint density at radius 3 is 2.71 bits per heavy atom. The smallest absolute Gasteiger partial charge is 0.306 e. The van der Waals surface area contributed by atoms with Crippen molar-refractivity contribution in [1.29, 1.82) is 0 Å². The van der Waals surface area contributed by atoms with Crippen LogP contribution in [0.3, 0.4) is 0 Å². The van der Waals surface area contributed by atoms with E-state index in [-0.39, 0.29) is 30.2 Å². The summed E-state index contributed by atoms with van der Waals surface area (Å²) in [4.78, 5) is 16.2. The number of nitrogens with zero attached hydrogens (tertiary/aromatic N) is 1. The summed E-state index contributed by atoms with van der Waals surface area (Å²) in [5, 5.41) is 2.98. The van der Waals surface area contributed by atoms with E-state index >= 15 is 4.39 Å². The maximum absolute atomic E-state index is 15.3. The van der Waals surface area contributed by atoms with Gasteiger partial charge < -0.3 is 14.2 Å². The summed E-state index contributed by atoms with van der Waals surface area (Å²) in [6.45, 7) is 4.64. The summed E-state index contributed by atoms with van der Waals surface area (Å²) >= 11 is 1.62. The van der Waals surface area contributed by atoms with Gasteiger partial charge in [0, 0.05) is 40.3 Å². The minimum Gasteiger partial charge on any atom is -0.492 e. The Hall–Kier alpha value is -3.71. The van der Waals surface area contributed by atoms with Crippen molar-refractivity contribution in [3.63, 3.8) is 0 Å². The van der Waals surface area contributed by atoms with Gasteiger partial charge in [0.25, 0.3) is 0 Å². The standard InChI is InChI=1S/C31H28FNO4S/c1-17-12-19(31-33-10-11-38-31)13-18(2)29(17)23-6-8-25(32)30-24(23)7-9-26(30)37-21-4-5-22-20(14-28(34)35-3)16-36-27(22)15-21/h4-6,8,10-13,15,20,26H,7,9,14,16H2,1-3H3/t20-,26-/m1/s1. The second-order valence-electron chi connectivity index (χ2n) is 9.94. The van der Waals surface area contributed by atoms with Gasteiger partial charge in [-0.2, -0.15) is 0 Å². The van der Waals surface area contributed by atoms with E-state index in [4.69, 9.17) is 14.2 Å². The number of carbonyl (C=O) groups is 1. The largest absolute Gasteiger partial charge is 0.492 e. The number of esters is 1. The highest BCUT2D eigenvalue weighted by Gasteiger charge is 2.32. The Bertz CT molecular complexity index is 1510. The molecule has 0 amide bonds. The molecule has 0 N–H and O–H groups in total. The molecule has 6 rings (SSSR count). The monoisotopic (exact) mass is 529 g/mol. The SMILES string of the molecule is COC(=O)C[C@@H]1COc2cc(O[C@@H]3CCc4c(-c5c(C)cc(-c6nccs6)cc5C)ccc(F)c43)ccc21.